The molecule has 0 unspecified atom stereocenters. The van der Waals surface area contributed by atoms with Crippen molar-refractivity contribution < 1.29 is 57.1 Å². The molecular formula is C52H56N4O12. The monoisotopic (exact) mass is 928 g/mol. The molecule has 0 bridgehead atoms. The van der Waals surface area contributed by atoms with E-state index in [1.807, 2.05) is 0 Å². The third-order valence-corrected chi connectivity index (χ3v) is 10.2. The van der Waals surface area contributed by atoms with Crippen LogP contribution in [0.15, 0.2) is 117 Å². The van der Waals surface area contributed by atoms with E-state index in [0.717, 1.165) is 83.1 Å². The molecule has 68 heavy (non-hydrogen) atoms. The van der Waals surface area contributed by atoms with Gasteiger partial charge in [0.2, 0.25) is 0 Å². The Kier molecular flexibility index (Phi) is 21.3. The number of methoxy groups -OCH3 is 1. The van der Waals surface area contributed by atoms with Gasteiger partial charge in [-0.2, -0.15) is 0 Å². The molecule has 3 aromatic carbocycles. The Balaban J connectivity index is 1.08. The van der Waals surface area contributed by atoms with Crippen LogP contribution in [0.2, 0.25) is 0 Å². The normalized spacial score (nSPS) is 10.6. The molecule has 2 heterocycles. The van der Waals surface area contributed by atoms with Gasteiger partial charge < -0.3 is 33.2 Å². The Morgan fingerprint density at radius 2 is 0.824 bits per heavy atom. The summed E-state index contributed by atoms with van der Waals surface area (Å²) in [6.07, 6.45) is 20.3. The number of esters is 5. The van der Waals surface area contributed by atoms with Gasteiger partial charge in [-0.15, -0.1) is 0 Å². The molecule has 0 aliphatic carbocycles. The van der Waals surface area contributed by atoms with Crippen molar-refractivity contribution in [2.24, 2.45) is 0 Å². The first-order chi connectivity index (χ1) is 33.2. The highest BCUT2D eigenvalue weighted by molar-refractivity contribution is 5.95. The first kappa shape index (κ1) is 51.2. The number of ether oxygens (including phenoxy) is 7. The van der Waals surface area contributed by atoms with Gasteiger partial charge in [0.25, 0.3) is 0 Å². The van der Waals surface area contributed by atoms with Crippen molar-refractivity contribution in [3.05, 3.63) is 134 Å². The van der Waals surface area contributed by atoms with Crippen LogP contribution in [-0.2, 0) is 23.8 Å². The van der Waals surface area contributed by atoms with E-state index in [2.05, 4.69) is 33.1 Å². The van der Waals surface area contributed by atoms with Crippen LogP contribution in [0.3, 0.4) is 0 Å². The Morgan fingerprint density at radius 3 is 1.22 bits per heavy atom. The molecule has 16 heteroatoms. The van der Waals surface area contributed by atoms with Crippen molar-refractivity contribution >= 4 is 29.8 Å². The van der Waals surface area contributed by atoms with E-state index >= 15 is 0 Å². The first-order valence-electron chi connectivity index (χ1n) is 22.5. The number of nitrogens with zero attached hydrogens (tertiary/aromatic N) is 4. The highest BCUT2D eigenvalue weighted by Crippen LogP contribution is 2.31. The van der Waals surface area contributed by atoms with Gasteiger partial charge in [-0.1, -0.05) is 88.8 Å². The lowest BCUT2D eigenvalue weighted by molar-refractivity contribution is -0.138. The molecule has 0 saturated carbocycles. The second-order valence-corrected chi connectivity index (χ2v) is 15.3. The Bertz CT molecular complexity index is 2420. The number of unbranched alkanes of at least 4 members (excludes halogenated alkanes) is 10. The third kappa shape index (κ3) is 17.2. The second kappa shape index (κ2) is 28.3. The Morgan fingerprint density at radius 1 is 0.456 bits per heavy atom. The molecule has 0 aliphatic heterocycles. The zero-order valence-corrected chi connectivity index (χ0v) is 38.2. The molecule has 5 aromatic rings. The summed E-state index contributed by atoms with van der Waals surface area (Å²) in [7, 11) is 1.22. The Labute approximate surface area is 395 Å². The predicted molar refractivity (Wildman–Crippen MR) is 251 cm³/mol. The van der Waals surface area contributed by atoms with Gasteiger partial charge >= 0.3 is 29.8 Å². The van der Waals surface area contributed by atoms with Gasteiger partial charge in [0, 0.05) is 23.3 Å². The van der Waals surface area contributed by atoms with Crippen LogP contribution in [-0.4, -0.2) is 83.3 Å². The van der Waals surface area contributed by atoms with Gasteiger partial charge in [-0.25, -0.2) is 43.9 Å². The molecule has 5 rings (SSSR count). The predicted octanol–water partition coefficient (Wildman–Crippen LogP) is 9.72. The minimum Gasteiger partial charge on any atom is -0.490 e. The average Bonchev–Trinajstić information content (AvgIpc) is 3.37. The SMILES string of the molecule is C=CC(=O)OCCCCCCCCOc1cnc(-c2ccc(C(=O)Oc3ccc(C(=O)OC)cc3OC(=O)c3ccc(-c4ncc(OCCCCCCCCOC(=O)C=C)cn4)cc3)cc2)nc1. The van der Waals surface area contributed by atoms with Gasteiger partial charge in [0.05, 0.1) is 75.0 Å². The summed E-state index contributed by atoms with van der Waals surface area (Å²) in [5, 5.41) is 0. The largest absolute Gasteiger partial charge is 0.490 e. The summed E-state index contributed by atoms with van der Waals surface area (Å²) < 4.78 is 37.8. The highest BCUT2D eigenvalue weighted by atomic mass is 16.6. The lowest BCUT2D eigenvalue weighted by Crippen LogP contribution is -2.13. The summed E-state index contributed by atoms with van der Waals surface area (Å²) in [5.41, 5.74) is 1.74. The van der Waals surface area contributed by atoms with E-state index < -0.39 is 29.8 Å². The Hall–Kier alpha value is -7.75. The minimum absolute atomic E-state index is 0.0715. The molecule has 0 radical (unpaired) electrons. The standard InChI is InChI=1S/C52H56N4O12/c1-4-46(57)65-30-16-12-8-6-10-14-28-63-42-33-53-48(54-34-42)37-18-22-39(23-19-37)51(60)67-44-27-26-41(50(59)62-3)32-45(44)68-52(61)40-24-20-38(21-25-40)49-55-35-43(36-56-49)64-29-15-11-7-9-13-17-31-66-47(58)5-2/h4-5,18-27,32-36H,1-2,6-17,28-31H2,3H3. The number of hydrogen-bond acceptors (Lipinski definition) is 16. The quantitative estimate of drug-likeness (QED) is 0.0144. The maximum Gasteiger partial charge on any atom is 0.343 e. The number of hydrogen-bond donors (Lipinski definition) is 0. The molecule has 2 aromatic heterocycles. The number of carbonyl (C=O) groups is 5. The van der Waals surface area contributed by atoms with Crippen LogP contribution in [0.1, 0.15) is 108 Å². The van der Waals surface area contributed by atoms with Crippen LogP contribution in [0.5, 0.6) is 23.0 Å². The third-order valence-electron chi connectivity index (χ3n) is 10.2. The fourth-order valence-corrected chi connectivity index (χ4v) is 6.49. The van der Waals surface area contributed by atoms with Gasteiger partial charge in [0.15, 0.2) is 34.6 Å². The van der Waals surface area contributed by atoms with E-state index in [1.165, 1.54) is 31.4 Å². The van der Waals surface area contributed by atoms with Crippen molar-refractivity contribution in [3.8, 4) is 45.8 Å². The van der Waals surface area contributed by atoms with Crippen LogP contribution in [0.25, 0.3) is 22.8 Å². The van der Waals surface area contributed by atoms with Gasteiger partial charge in [0.1, 0.15) is 0 Å². The van der Waals surface area contributed by atoms with Crippen molar-refractivity contribution in [1.82, 2.24) is 19.9 Å². The number of rotatable bonds is 29. The fraction of sp³-hybridized carbons (Fsp3) is 0.327. The van der Waals surface area contributed by atoms with Crippen LogP contribution in [0.4, 0.5) is 0 Å². The smallest absolute Gasteiger partial charge is 0.343 e. The van der Waals surface area contributed by atoms with E-state index in [9.17, 15) is 24.0 Å². The number of benzene rings is 3. The summed E-state index contributed by atoms with van der Waals surface area (Å²) in [4.78, 5) is 78.9. The van der Waals surface area contributed by atoms with E-state index in [0.29, 0.717) is 60.7 Å². The minimum atomic E-state index is -0.774. The second-order valence-electron chi connectivity index (χ2n) is 15.3. The number of aromatic nitrogens is 4. The molecule has 0 N–H and O–H groups in total. The molecule has 0 atom stereocenters. The summed E-state index contributed by atoms with van der Waals surface area (Å²) in [5.74, 6) is -1.32. The van der Waals surface area contributed by atoms with E-state index in [-0.39, 0.29) is 28.2 Å². The summed E-state index contributed by atoms with van der Waals surface area (Å²) in [6, 6.07) is 16.9. The molecule has 0 amide bonds. The molecule has 0 spiro atoms. The zero-order valence-electron chi connectivity index (χ0n) is 38.2. The molecule has 16 nitrogen and oxygen atoms in total. The van der Waals surface area contributed by atoms with Crippen LogP contribution in [0, 0.1) is 0 Å². The van der Waals surface area contributed by atoms with Gasteiger partial charge in [-0.3, -0.25) is 0 Å². The summed E-state index contributed by atoms with van der Waals surface area (Å²) >= 11 is 0. The molecular weight excluding hydrogens is 873 g/mol. The van der Waals surface area contributed by atoms with E-state index in [1.54, 1.807) is 73.3 Å². The van der Waals surface area contributed by atoms with Crippen LogP contribution < -0.4 is 18.9 Å². The van der Waals surface area contributed by atoms with Crippen molar-refractivity contribution in [2.75, 3.05) is 33.5 Å². The maximum atomic E-state index is 13.4. The van der Waals surface area contributed by atoms with Gasteiger partial charge in [-0.05, 0) is 68.1 Å². The first-order valence-corrected chi connectivity index (χ1v) is 22.5. The lowest BCUT2D eigenvalue weighted by atomic mass is 10.1. The fourth-order valence-electron chi connectivity index (χ4n) is 6.49. The van der Waals surface area contributed by atoms with Crippen molar-refractivity contribution in [2.45, 2.75) is 77.0 Å². The van der Waals surface area contributed by atoms with Crippen molar-refractivity contribution in [1.29, 1.82) is 0 Å². The van der Waals surface area contributed by atoms with E-state index in [4.69, 9.17) is 33.2 Å². The molecule has 356 valence electrons. The lowest BCUT2D eigenvalue weighted by Gasteiger charge is -2.12. The molecule has 0 fully saturated rings. The van der Waals surface area contributed by atoms with Crippen LogP contribution >= 0.6 is 0 Å². The molecule has 0 aliphatic rings. The summed E-state index contributed by atoms with van der Waals surface area (Å²) in [6.45, 7) is 8.64. The highest BCUT2D eigenvalue weighted by Gasteiger charge is 2.20. The number of carbonyl (C=O) groups excluding carboxylic acids is 5. The topological polar surface area (TPSA) is 202 Å². The molecule has 0 saturated heterocycles. The zero-order chi connectivity index (χ0) is 48.4. The maximum absolute atomic E-state index is 13.4. The average molecular weight is 929 g/mol. The van der Waals surface area contributed by atoms with Crippen molar-refractivity contribution in [3.63, 3.8) is 0 Å².